The summed E-state index contributed by atoms with van der Waals surface area (Å²) >= 11 is 1.28. The van der Waals surface area contributed by atoms with E-state index in [1.54, 1.807) is 17.0 Å². The zero-order chi connectivity index (χ0) is 16.2. The van der Waals surface area contributed by atoms with E-state index in [1.165, 1.54) is 11.3 Å². The molecule has 2 aliphatic rings. The van der Waals surface area contributed by atoms with E-state index in [0.29, 0.717) is 41.9 Å². The molecule has 2 N–H and O–H groups in total. The van der Waals surface area contributed by atoms with Gasteiger partial charge in [-0.2, -0.15) is 0 Å². The Kier molecular flexibility index (Phi) is 2.51. The van der Waals surface area contributed by atoms with Gasteiger partial charge in [0.15, 0.2) is 5.01 Å². The Morgan fingerprint density at radius 3 is 3.14 bits per heavy atom. The summed E-state index contributed by atoms with van der Waals surface area (Å²) in [6, 6.07) is 5.59. The van der Waals surface area contributed by atoms with Crippen LogP contribution in [0, 0.1) is 0 Å². The van der Waals surface area contributed by atoms with E-state index in [1.807, 2.05) is 6.07 Å². The number of nitrogens with one attached hydrogen (secondary N) is 2. The highest BCUT2D eigenvalue weighted by Crippen LogP contribution is 2.29. The van der Waals surface area contributed by atoms with Gasteiger partial charge in [-0.25, -0.2) is 4.98 Å². The van der Waals surface area contributed by atoms with Crippen molar-refractivity contribution in [3.8, 4) is 0 Å². The molecule has 6 nitrogen and oxygen atoms in total. The molecule has 2 saturated heterocycles. The number of hydrogen-bond acceptors (Lipinski definition) is 5. The SMILES string of the molecule is [3H]c1cccc2sc(C(=O)N3CCC4(C3)NC(=C)NC4=O)nc12. The van der Waals surface area contributed by atoms with Crippen LogP contribution < -0.4 is 10.6 Å². The molecule has 7 heteroatoms. The minimum atomic E-state index is -0.774. The molecule has 2 aromatic rings. The minimum Gasteiger partial charge on any atom is -0.356 e. The van der Waals surface area contributed by atoms with Crippen molar-refractivity contribution in [3.05, 3.63) is 41.6 Å². The molecule has 2 aliphatic heterocycles. The van der Waals surface area contributed by atoms with Gasteiger partial charge in [0.25, 0.3) is 11.8 Å². The molecule has 1 aromatic heterocycles. The Hall–Kier alpha value is -2.41. The molecule has 1 unspecified atom stereocenters. The third-order valence-electron chi connectivity index (χ3n) is 4.05. The van der Waals surface area contributed by atoms with Crippen LogP contribution in [0.1, 0.15) is 17.6 Å². The molecule has 0 bridgehead atoms. The summed E-state index contributed by atoms with van der Waals surface area (Å²) in [5, 5.41) is 6.07. The highest BCUT2D eigenvalue weighted by Gasteiger charge is 2.50. The van der Waals surface area contributed by atoms with Crippen LogP contribution in [0.25, 0.3) is 10.2 Å². The highest BCUT2D eigenvalue weighted by molar-refractivity contribution is 7.20. The number of nitrogens with zero attached hydrogens (tertiary/aromatic N) is 2. The molecule has 2 fully saturated rings. The standard InChI is InChI=1S/C15H14N4O2S/c1-9-16-14(21)15(18-9)6-7-19(8-15)13(20)12-17-10-4-2-3-5-11(10)22-12/h2-5,18H,1,6-8H2,(H,16,21)/i4T. The summed E-state index contributed by atoms with van der Waals surface area (Å²) in [7, 11) is 0. The second-order valence-electron chi connectivity index (χ2n) is 5.52. The number of benzene rings is 1. The summed E-state index contributed by atoms with van der Waals surface area (Å²) in [5.74, 6) is 0.133. The number of aromatic nitrogens is 1. The average molecular weight is 316 g/mol. The number of carbonyl (C=O) groups excluding carboxylic acids is 2. The van der Waals surface area contributed by atoms with Gasteiger partial charge in [0, 0.05) is 6.54 Å². The molecule has 0 saturated carbocycles. The van der Waals surface area contributed by atoms with E-state index < -0.39 is 5.54 Å². The maximum atomic E-state index is 12.7. The lowest BCUT2D eigenvalue weighted by atomic mass is 9.99. The number of para-hydroxylation sites is 1. The van der Waals surface area contributed by atoms with Gasteiger partial charge in [-0.3, -0.25) is 9.59 Å². The number of carbonyl (C=O) groups is 2. The Bertz CT molecular complexity index is 864. The van der Waals surface area contributed by atoms with Crippen molar-refractivity contribution < 1.29 is 11.0 Å². The maximum Gasteiger partial charge on any atom is 0.282 e. The Morgan fingerprint density at radius 1 is 1.55 bits per heavy atom. The summed E-state index contributed by atoms with van der Waals surface area (Å²) in [6.07, 6.45) is 0.540. The number of hydrogen-bond donors (Lipinski definition) is 2. The van der Waals surface area contributed by atoms with Gasteiger partial charge in [0.1, 0.15) is 5.54 Å². The van der Waals surface area contributed by atoms with E-state index in [-0.39, 0.29) is 11.8 Å². The van der Waals surface area contributed by atoms with Crippen molar-refractivity contribution in [2.45, 2.75) is 12.0 Å². The number of likely N-dealkylation sites (tertiary alicyclic amines) is 1. The Morgan fingerprint density at radius 2 is 2.41 bits per heavy atom. The monoisotopic (exact) mass is 316 g/mol. The quantitative estimate of drug-likeness (QED) is 0.825. The first-order valence-corrected chi connectivity index (χ1v) is 7.74. The molecule has 1 aromatic carbocycles. The van der Waals surface area contributed by atoms with Gasteiger partial charge >= 0.3 is 0 Å². The predicted octanol–water partition coefficient (Wildman–Crippen LogP) is 1.07. The van der Waals surface area contributed by atoms with Crippen LogP contribution >= 0.6 is 11.3 Å². The minimum absolute atomic E-state index is 0.143. The molecular formula is C15H14N4O2S. The highest BCUT2D eigenvalue weighted by atomic mass is 32.1. The van der Waals surface area contributed by atoms with Crippen molar-refractivity contribution in [1.82, 2.24) is 20.5 Å². The van der Waals surface area contributed by atoms with Crippen LogP contribution in [-0.4, -0.2) is 40.3 Å². The molecule has 3 heterocycles. The Balaban J connectivity index is 1.61. The van der Waals surface area contributed by atoms with Crippen molar-refractivity contribution in [2.24, 2.45) is 0 Å². The van der Waals surface area contributed by atoms with Crippen LogP contribution in [0.15, 0.2) is 36.6 Å². The first-order chi connectivity index (χ1) is 11.0. The van der Waals surface area contributed by atoms with Gasteiger partial charge in [-0.05, 0) is 18.5 Å². The topological polar surface area (TPSA) is 74.3 Å². The van der Waals surface area contributed by atoms with E-state index >= 15 is 0 Å². The van der Waals surface area contributed by atoms with Crippen molar-refractivity contribution in [2.75, 3.05) is 13.1 Å². The molecule has 2 amide bonds. The fourth-order valence-corrected chi connectivity index (χ4v) is 3.85. The molecule has 1 atom stereocenters. The van der Waals surface area contributed by atoms with Crippen LogP contribution in [0.2, 0.25) is 0 Å². The zero-order valence-electron chi connectivity index (χ0n) is 12.7. The van der Waals surface area contributed by atoms with E-state index in [9.17, 15) is 9.59 Å². The lowest BCUT2D eigenvalue weighted by Gasteiger charge is -2.21. The number of rotatable bonds is 1. The van der Waals surface area contributed by atoms with Crippen LogP contribution in [0.4, 0.5) is 0 Å². The van der Waals surface area contributed by atoms with E-state index in [2.05, 4.69) is 22.2 Å². The first-order valence-electron chi connectivity index (χ1n) is 7.42. The van der Waals surface area contributed by atoms with Gasteiger partial charge in [0.05, 0.1) is 24.0 Å². The average Bonchev–Trinajstić information content (AvgIpc) is 3.18. The molecule has 4 rings (SSSR count). The molecule has 112 valence electrons. The molecule has 1 spiro atoms. The lowest BCUT2D eigenvalue weighted by molar-refractivity contribution is -0.123. The van der Waals surface area contributed by atoms with Gasteiger partial charge in [-0.15, -0.1) is 11.3 Å². The molecule has 0 radical (unpaired) electrons. The zero-order valence-corrected chi connectivity index (χ0v) is 12.5. The van der Waals surface area contributed by atoms with Crippen LogP contribution in [0.5, 0.6) is 0 Å². The van der Waals surface area contributed by atoms with Crippen LogP contribution in [0.3, 0.4) is 0 Å². The van der Waals surface area contributed by atoms with Crippen molar-refractivity contribution >= 4 is 33.4 Å². The van der Waals surface area contributed by atoms with Crippen molar-refractivity contribution in [1.29, 1.82) is 0 Å². The lowest BCUT2D eigenvalue weighted by Crippen LogP contribution is -2.49. The molecular weight excluding hydrogens is 300 g/mol. The van der Waals surface area contributed by atoms with Crippen LogP contribution in [-0.2, 0) is 4.79 Å². The fraction of sp³-hybridized carbons (Fsp3) is 0.267. The van der Waals surface area contributed by atoms with Gasteiger partial charge in [-0.1, -0.05) is 18.7 Å². The van der Waals surface area contributed by atoms with E-state index in [0.717, 1.165) is 4.70 Å². The Labute approximate surface area is 132 Å². The normalized spacial score (nSPS) is 24.7. The van der Waals surface area contributed by atoms with Crippen molar-refractivity contribution in [3.63, 3.8) is 0 Å². The number of thiazole rings is 1. The fourth-order valence-electron chi connectivity index (χ4n) is 2.94. The summed E-state index contributed by atoms with van der Waals surface area (Å²) in [6.45, 7) is 4.49. The third-order valence-corrected chi connectivity index (χ3v) is 5.05. The molecule has 0 aliphatic carbocycles. The summed E-state index contributed by atoms with van der Waals surface area (Å²) < 4.78 is 8.67. The number of fused-ring (bicyclic) bond motifs is 1. The largest absolute Gasteiger partial charge is 0.356 e. The summed E-state index contributed by atoms with van der Waals surface area (Å²) in [4.78, 5) is 30.7. The molecule has 22 heavy (non-hydrogen) atoms. The van der Waals surface area contributed by atoms with E-state index in [4.69, 9.17) is 1.37 Å². The first kappa shape index (κ1) is 12.2. The predicted molar refractivity (Wildman–Crippen MR) is 83.3 cm³/mol. The summed E-state index contributed by atoms with van der Waals surface area (Å²) in [5.41, 5.74) is -0.232. The second-order valence-corrected chi connectivity index (χ2v) is 6.55. The second kappa shape index (κ2) is 4.54. The third kappa shape index (κ3) is 1.89. The van der Waals surface area contributed by atoms with Gasteiger partial charge in [0.2, 0.25) is 0 Å². The number of amides is 2. The maximum absolute atomic E-state index is 12.7. The smallest absolute Gasteiger partial charge is 0.282 e. The van der Waals surface area contributed by atoms with Gasteiger partial charge < -0.3 is 15.5 Å².